The molecular formula is C12H12F4O2. The average Bonchev–Trinajstić information content (AvgIpc) is 2.37. The Hall–Kier alpha value is -1.14. The standard InChI is InChI=1S/C12H12F4O2/c13-8-5-4-7(10(14)11(8)15)12(16)18-9-3-1-2-6-17-9/h4-5,9,12H,1-3,6H2. The van der Waals surface area contributed by atoms with E-state index in [2.05, 4.69) is 0 Å². The van der Waals surface area contributed by atoms with Gasteiger partial charge < -0.3 is 9.47 Å². The Balaban J connectivity index is 2.08. The fourth-order valence-electron chi connectivity index (χ4n) is 1.74. The summed E-state index contributed by atoms with van der Waals surface area (Å²) in [5, 5.41) is 0. The summed E-state index contributed by atoms with van der Waals surface area (Å²) in [6.45, 7) is 0.442. The Morgan fingerprint density at radius 1 is 1.17 bits per heavy atom. The summed E-state index contributed by atoms with van der Waals surface area (Å²) in [7, 11) is 0. The molecule has 2 rings (SSSR count). The summed E-state index contributed by atoms with van der Waals surface area (Å²) in [5.74, 6) is -4.64. The van der Waals surface area contributed by atoms with Crippen LogP contribution in [-0.4, -0.2) is 12.9 Å². The third-order valence-corrected chi connectivity index (χ3v) is 2.72. The molecular weight excluding hydrogens is 252 g/mol. The van der Waals surface area contributed by atoms with Crippen LogP contribution >= 0.6 is 0 Å². The van der Waals surface area contributed by atoms with Crippen molar-refractivity contribution in [1.82, 2.24) is 0 Å². The summed E-state index contributed by atoms with van der Waals surface area (Å²) in [6, 6.07) is 1.48. The molecule has 1 saturated heterocycles. The van der Waals surface area contributed by atoms with E-state index in [1.807, 2.05) is 0 Å². The molecule has 0 saturated carbocycles. The molecule has 1 aromatic carbocycles. The van der Waals surface area contributed by atoms with Gasteiger partial charge in [0.25, 0.3) is 0 Å². The molecule has 2 nitrogen and oxygen atoms in total. The Bertz CT molecular complexity index is 419. The van der Waals surface area contributed by atoms with Crippen LogP contribution in [0.25, 0.3) is 0 Å². The largest absolute Gasteiger partial charge is 0.353 e. The van der Waals surface area contributed by atoms with Crippen molar-refractivity contribution in [1.29, 1.82) is 0 Å². The van der Waals surface area contributed by atoms with E-state index in [-0.39, 0.29) is 0 Å². The van der Waals surface area contributed by atoms with Crippen molar-refractivity contribution in [2.75, 3.05) is 6.61 Å². The van der Waals surface area contributed by atoms with Gasteiger partial charge in [-0.15, -0.1) is 0 Å². The minimum Gasteiger partial charge on any atom is -0.353 e. The molecule has 18 heavy (non-hydrogen) atoms. The van der Waals surface area contributed by atoms with Crippen LogP contribution < -0.4 is 0 Å². The smallest absolute Gasteiger partial charge is 0.230 e. The predicted octanol–water partition coefficient (Wildman–Crippen LogP) is 3.62. The average molecular weight is 264 g/mol. The van der Waals surface area contributed by atoms with Crippen molar-refractivity contribution in [2.24, 2.45) is 0 Å². The van der Waals surface area contributed by atoms with Crippen LogP contribution in [0.15, 0.2) is 12.1 Å². The molecule has 1 aliphatic heterocycles. The lowest BCUT2D eigenvalue weighted by Gasteiger charge is -2.24. The number of hydrogen-bond donors (Lipinski definition) is 0. The maximum Gasteiger partial charge on any atom is 0.230 e. The summed E-state index contributed by atoms with van der Waals surface area (Å²) in [4.78, 5) is 0. The first-order valence-electron chi connectivity index (χ1n) is 5.64. The molecule has 2 unspecified atom stereocenters. The van der Waals surface area contributed by atoms with E-state index in [0.29, 0.717) is 19.1 Å². The van der Waals surface area contributed by atoms with Gasteiger partial charge >= 0.3 is 0 Å². The quantitative estimate of drug-likeness (QED) is 0.613. The second-order valence-electron chi connectivity index (χ2n) is 4.01. The van der Waals surface area contributed by atoms with E-state index in [9.17, 15) is 17.6 Å². The van der Waals surface area contributed by atoms with Crippen LogP contribution in [0.3, 0.4) is 0 Å². The monoisotopic (exact) mass is 264 g/mol. The molecule has 1 aliphatic rings. The molecule has 1 heterocycles. The van der Waals surface area contributed by atoms with Crippen molar-refractivity contribution >= 4 is 0 Å². The molecule has 6 heteroatoms. The number of halogens is 4. The maximum atomic E-state index is 13.7. The molecule has 0 radical (unpaired) electrons. The number of rotatable bonds is 3. The molecule has 0 amide bonds. The highest BCUT2D eigenvalue weighted by molar-refractivity contribution is 5.21. The number of benzene rings is 1. The van der Waals surface area contributed by atoms with Crippen LogP contribution in [0.2, 0.25) is 0 Å². The lowest BCUT2D eigenvalue weighted by Crippen LogP contribution is -2.23. The van der Waals surface area contributed by atoms with Gasteiger partial charge in [0.2, 0.25) is 6.36 Å². The molecule has 100 valence electrons. The van der Waals surface area contributed by atoms with Crippen LogP contribution in [-0.2, 0) is 9.47 Å². The van der Waals surface area contributed by atoms with Crippen molar-refractivity contribution in [3.63, 3.8) is 0 Å². The molecule has 0 aromatic heterocycles. The lowest BCUT2D eigenvalue weighted by atomic mass is 10.2. The van der Waals surface area contributed by atoms with E-state index in [1.165, 1.54) is 0 Å². The zero-order valence-electron chi connectivity index (χ0n) is 9.47. The van der Waals surface area contributed by atoms with Crippen LogP contribution in [0.5, 0.6) is 0 Å². The second kappa shape index (κ2) is 5.67. The predicted molar refractivity (Wildman–Crippen MR) is 54.8 cm³/mol. The fourth-order valence-corrected chi connectivity index (χ4v) is 1.74. The summed E-state index contributed by atoms with van der Waals surface area (Å²) >= 11 is 0. The Morgan fingerprint density at radius 2 is 1.94 bits per heavy atom. The van der Waals surface area contributed by atoms with Gasteiger partial charge in [-0.3, -0.25) is 0 Å². The SMILES string of the molecule is Fc1ccc(C(F)OC2CCCCO2)c(F)c1F. The van der Waals surface area contributed by atoms with Gasteiger partial charge in [0, 0.05) is 6.61 Å². The summed E-state index contributed by atoms with van der Waals surface area (Å²) in [5.41, 5.74) is -0.664. The highest BCUT2D eigenvalue weighted by Gasteiger charge is 2.25. The Labute approximate surface area is 102 Å². The normalized spacial score (nSPS) is 21.9. The van der Waals surface area contributed by atoms with Crippen LogP contribution in [0.4, 0.5) is 17.6 Å². The lowest BCUT2D eigenvalue weighted by molar-refractivity contribution is -0.221. The molecule has 2 atom stereocenters. The van der Waals surface area contributed by atoms with Crippen LogP contribution in [0, 0.1) is 17.5 Å². The van der Waals surface area contributed by atoms with E-state index in [0.717, 1.165) is 18.9 Å². The van der Waals surface area contributed by atoms with Crippen LogP contribution in [0.1, 0.15) is 31.2 Å². The summed E-state index contributed by atoms with van der Waals surface area (Å²) < 4.78 is 62.5. The fraction of sp³-hybridized carbons (Fsp3) is 0.500. The Kier molecular flexibility index (Phi) is 4.19. The third kappa shape index (κ3) is 2.81. The summed E-state index contributed by atoms with van der Waals surface area (Å²) in [6.07, 6.45) is -0.788. The third-order valence-electron chi connectivity index (χ3n) is 2.72. The van der Waals surface area contributed by atoms with Gasteiger partial charge in [0.05, 0.1) is 5.56 Å². The minimum atomic E-state index is -2.18. The van der Waals surface area contributed by atoms with Crippen molar-refractivity contribution in [3.8, 4) is 0 Å². The number of ether oxygens (including phenoxy) is 2. The zero-order valence-corrected chi connectivity index (χ0v) is 9.47. The van der Waals surface area contributed by atoms with E-state index >= 15 is 0 Å². The Morgan fingerprint density at radius 3 is 2.61 bits per heavy atom. The van der Waals surface area contributed by atoms with Gasteiger partial charge in [-0.2, -0.15) is 0 Å². The topological polar surface area (TPSA) is 18.5 Å². The molecule has 0 bridgehead atoms. The minimum absolute atomic E-state index is 0.442. The van der Waals surface area contributed by atoms with E-state index in [1.54, 1.807) is 0 Å². The molecule has 1 fully saturated rings. The highest BCUT2D eigenvalue weighted by Crippen LogP contribution is 2.28. The number of hydrogen-bond acceptors (Lipinski definition) is 2. The van der Waals surface area contributed by atoms with Crippen molar-refractivity contribution in [3.05, 3.63) is 35.1 Å². The van der Waals surface area contributed by atoms with Gasteiger partial charge in [-0.25, -0.2) is 17.6 Å². The molecule has 1 aromatic rings. The van der Waals surface area contributed by atoms with Gasteiger partial charge in [0.1, 0.15) is 0 Å². The zero-order chi connectivity index (χ0) is 13.1. The van der Waals surface area contributed by atoms with E-state index in [4.69, 9.17) is 9.47 Å². The van der Waals surface area contributed by atoms with Gasteiger partial charge in [-0.05, 0) is 31.4 Å². The first-order chi connectivity index (χ1) is 8.59. The highest BCUT2D eigenvalue weighted by atomic mass is 19.2. The molecule has 0 spiro atoms. The van der Waals surface area contributed by atoms with E-state index < -0.39 is 35.7 Å². The van der Waals surface area contributed by atoms with Crippen molar-refractivity contribution in [2.45, 2.75) is 31.9 Å². The molecule has 0 aliphatic carbocycles. The van der Waals surface area contributed by atoms with Crippen molar-refractivity contribution < 1.29 is 27.0 Å². The number of alkyl halides is 1. The second-order valence-corrected chi connectivity index (χ2v) is 4.01. The maximum absolute atomic E-state index is 13.7. The van der Waals surface area contributed by atoms with Gasteiger partial charge in [0.15, 0.2) is 23.7 Å². The molecule has 0 N–H and O–H groups in total. The first kappa shape index (κ1) is 13.3. The first-order valence-corrected chi connectivity index (χ1v) is 5.64. The van der Waals surface area contributed by atoms with Gasteiger partial charge in [-0.1, -0.05) is 0 Å².